The van der Waals surface area contributed by atoms with Gasteiger partial charge in [0.15, 0.2) is 5.75 Å². The molecule has 0 fully saturated rings. The summed E-state index contributed by atoms with van der Waals surface area (Å²) in [4.78, 5) is 47.7. The quantitative estimate of drug-likeness (QED) is 0.146. The Morgan fingerprint density at radius 3 is 1.66 bits per heavy atom. The van der Waals surface area contributed by atoms with Gasteiger partial charge in [0.05, 0.1) is 11.1 Å². The van der Waals surface area contributed by atoms with Crippen molar-refractivity contribution in [1.29, 1.82) is 0 Å². The molecule has 0 aliphatic heterocycles. The van der Waals surface area contributed by atoms with Crippen LogP contribution in [0.2, 0.25) is 0 Å². The minimum atomic E-state index is -0.740. The summed E-state index contributed by atoms with van der Waals surface area (Å²) >= 11 is 0. The average molecular weight is 587 g/mol. The van der Waals surface area contributed by atoms with E-state index in [2.05, 4.69) is 50.0 Å². The van der Waals surface area contributed by atoms with Gasteiger partial charge in [0, 0.05) is 46.6 Å². The fourth-order valence-electron chi connectivity index (χ4n) is 3.36. The predicted octanol–water partition coefficient (Wildman–Crippen LogP) is 5.55. The highest BCUT2D eigenvalue weighted by atomic mass is 16.5. The van der Waals surface area contributed by atoms with Crippen molar-refractivity contribution in [2.75, 3.05) is 0 Å². The zero-order valence-corrected chi connectivity index (χ0v) is 24.0. The van der Waals surface area contributed by atoms with Crippen molar-refractivity contribution in [1.82, 2.24) is 0 Å². The molecule has 8 nitrogen and oxygen atoms in total. The van der Waals surface area contributed by atoms with Crippen molar-refractivity contribution >= 4 is 23.9 Å². The van der Waals surface area contributed by atoms with Gasteiger partial charge in [0.2, 0.25) is 0 Å². The summed E-state index contributed by atoms with van der Waals surface area (Å²) in [6, 6.07) is 14.2. The number of ether oxygens (including phenoxy) is 4. The SMILES string of the molecule is C=CC(=O)Oc1ccc(C#Cc2c(OC(=O)C=C)cc(C#Cc3ccc(OC(=O)C(=C)C)cc3)c(OC(=O)C=C)c2C)cc1. The van der Waals surface area contributed by atoms with Crippen LogP contribution < -0.4 is 18.9 Å². The Morgan fingerprint density at radius 1 is 0.659 bits per heavy atom. The molecule has 0 aromatic heterocycles. The van der Waals surface area contributed by atoms with E-state index in [0.29, 0.717) is 28.2 Å². The maximum atomic E-state index is 12.3. The average Bonchev–Trinajstić information content (AvgIpc) is 3.02. The molecule has 0 radical (unpaired) electrons. The minimum Gasteiger partial charge on any atom is -0.423 e. The van der Waals surface area contributed by atoms with Crippen LogP contribution in [0.3, 0.4) is 0 Å². The first-order chi connectivity index (χ1) is 21.0. The maximum Gasteiger partial charge on any atom is 0.338 e. The third-order valence-electron chi connectivity index (χ3n) is 5.55. The van der Waals surface area contributed by atoms with Crippen molar-refractivity contribution in [3.63, 3.8) is 0 Å². The number of carbonyl (C=O) groups excluding carboxylic acids is 4. The van der Waals surface area contributed by atoms with Gasteiger partial charge in [-0.25, -0.2) is 19.2 Å². The second-order valence-corrected chi connectivity index (χ2v) is 8.85. The number of hydrogen-bond donors (Lipinski definition) is 0. The Labute approximate surface area is 254 Å². The number of hydrogen-bond acceptors (Lipinski definition) is 8. The summed E-state index contributed by atoms with van der Waals surface area (Å²) in [5.41, 5.74) is 2.20. The first-order valence-corrected chi connectivity index (χ1v) is 12.9. The third kappa shape index (κ3) is 8.81. The van der Waals surface area contributed by atoms with E-state index < -0.39 is 23.9 Å². The summed E-state index contributed by atoms with van der Waals surface area (Å²) < 4.78 is 21.3. The molecule has 0 unspecified atom stereocenters. The molecule has 0 amide bonds. The summed E-state index contributed by atoms with van der Waals surface area (Å²) in [5, 5.41) is 0. The van der Waals surface area contributed by atoms with E-state index in [1.54, 1.807) is 62.4 Å². The Morgan fingerprint density at radius 2 is 1.14 bits per heavy atom. The highest BCUT2D eigenvalue weighted by Crippen LogP contribution is 2.34. The van der Waals surface area contributed by atoms with Gasteiger partial charge in [-0.05, 0) is 62.4 Å². The van der Waals surface area contributed by atoms with E-state index in [0.717, 1.165) is 18.2 Å². The molecule has 0 aliphatic rings. The number of benzene rings is 3. The standard InChI is InChI=1S/C36H26O8/c1-7-32(37)41-28-17-11-26(12-18-28)15-21-30-24(6)35(44-34(39)9-3)27(22-31(30)43-33(38)8-2)16-10-25-13-19-29(20-14-25)42-36(40)23(4)5/h7-9,11-14,17-20,22H,1-4H2,5-6H3. The Hall–Kier alpha value is -6.38. The van der Waals surface area contributed by atoms with Gasteiger partial charge in [-0.15, -0.1) is 0 Å². The van der Waals surface area contributed by atoms with Gasteiger partial charge in [0.25, 0.3) is 0 Å². The van der Waals surface area contributed by atoms with Gasteiger partial charge in [-0.3, -0.25) is 0 Å². The van der Waals surface area contributed by atoms with E-state index in [-0.39, 0.29) is 28.2 Å². The topological polar surface area (TPSA) is 105 Å². The Bertz CT molecular complexity index is 1800. The lowest BCUT2D eigenvalue weighted by Gasteiger charge is -2.14. The molecule has 0 atom stereocenters. The molecule has 0 aliphatic carbocycles. The van der Waals surface area contributed by atoms with Crippen LogP contribution in [0.25, 0.3) is 0 Å². The fraction of sp³-hybridized carbons (Fsp3) is 0.0556. The summed E-state index contributed by atoms with van der Waals surface area (Å²) in [6.45, 7) is 17.0. The summed E-state index contributed by atoms with van der Waals surface area (Å²) in [6.07, 6.45) is 3.04. The molecule has 3 rings (SSSR count). The zero-order chi connectivity index (χ0) is 32.2. The van der Waals surface area contributed by atoms with Gasteiger partial charge in [0.1, 0.15) is 17.2 Å². The van der Waals surface area contributed by atoms with Crippen molar-refractivity contribution in [3.8, 4) is 46.7 Å². The third-order valence-corrected chi connectivity index (χ3v) is 5.55. The normalized spacial score (nSPS) is 9.50. The van der Waals surface area contributed by atoms with E-state index in [9.17, 15) is 19.2 Å². The molecule has 0 saturated heterocycles. The second kappa shape index (κ2) is 15.0. The zero-order valence-electron chi connectivity index (χ0n) is 24.0. The summed E-state index contributed by atoms with van der Waals surface area (Å²) in [7, 11) is 0. The van der Waals surface area contributed by atoms with Crippen LogP contribution in [0.15, 0.2) is 105 Å². The molecule has 3 aromatic rings. The van der Waals surface area contributed by atoms with Gasteiger partial charge in [-0.1, -0.05) is 50.0 Å². The lowest BCUT2D eigenvalue weighted by Crippen LogP contribution is -2.10. The van der Waals surface area contributed by atoms with Crippen molar-refractivity contribution in [3.05, 3.63) is 133 Å². The molecule has 0 saturated carbocycles. The molecule has 0 N–H and O–H groups in total. The first kappa shape index (κ1) is 32.1. The van der Waals surface area contributed by atoms with E-state index >= 15 is 0 Å². The molecule has 3 aromatic carbocycles. The predicted molar refractivity (Wildman–Crippen MR) is 164 cm³/mol. The van der Waals surface area contributed by atoms with Gasteiger partial charge < -0.3 is 18.9 Å². The largest absolute Gasteiger partial charge is 0.423 e. The van der Waals surface area contributed by atoms with E-state index in [1.807, 2.05) is 0 Å². The molecule has 8 heteroatoms. The van der Waals surface area contributed by atoms with Crippen LogP contribution in [0, 0.1) is 30.6 Å². The van der Waals surface area contributed by atoms with Gasteiger partial charge >= 0.3 is 23.9 Å². The highest BCUT2D eigenvalue weighted by molar-refractivity contribution is 5.89. The van der Waals surface area contributed by atoms with Crippen molar-refractivity contribution in [2.45, 2.75) is 13.8 Å². The van der Waals surface area contributed by atoms with Crippen LogP contribution in [0.1, 0.15) is 34.7 Å². The second-order valence-electron chi connectivity index (χ2n) is 8.85. The number of esters is 4. The molecule has 0 spiro atoms. The van der Waals surface area contributed by atoms with Crippen molar-refractivity contribution in [2.24, 2.45) is 0 Å². The van der Waals surface area contributed by atoms with Crippen LogP contribution in [0.4, 0.5) is 0 Å². The lowest BCUT2D eigenvalue weighted by atomic mass is 10.0. The molecule has 0 heterocycles. The smallest absolute Gasteiger partial charge is 0.338 e. The van der Waals surface area contributed by atoms with Crippen LogP contribution in [0.5, 0.6) is 23.0 Å². The molecule has 0 bridgehead atoms. The number of rotatable bonds is 8. The van der Waals surface area contributed by atoms with Crippen LogP contribution >= 0.6 is 0 Å². The highest BCUT2D eigenvalue weighted by Gasteiger charge is 2.19. The van der Waals surface area contributed by atoms with Gasteiger partial charge in [-0.2, -0.15) is 0 Å². The fourth-order valence-corrected chi connectivity index (χ4v) is 3.36. The first-order valence-electron chi connectivity index (χ1n) is 12.9. The van der Waals surface area contributed by atoms with E-state index in [1.165, 1.54) is 6.07 Å². The molecular weight excluding hydrogens is 560 g/mol. The number of carbonyl (C=O) groups is 4. The molecular formula is C36H26O8. The monoisotopic (exact) mass is 586 g/mol. The summed E-state index contributed by atoms with van der Waals surface area (Å²) in [5.74, 6) is 9.95. The molecule has 218 valence electrons. The Kier molecular flexibility index (Phi) is 11.0. The van der Waals surface area contributed by atoms with Crippen molar-refractivity contribution < 1.29 is 38.1 Å². The lowest BCUT2D eigenvalue weighted by molar-refractivity contribution is -0.130. The minimum absolute atomic E-state index is 0.0567. The maximum absolute atomic E-state index is 12.3. The molecule has 44 heavy (non-hydrogen) atoms. The van der Waals surface area contributed by atoms with E-state index in [4.69, 9.17) is 18.9 Å². The Balaban J connectivity index is 2.08. The van der Waals surface area contributed by atoms with Crippen LogP contribution in [-0.2, 0) is 19.2 Å². The van der Waals surface area contributed by atoms with Crippen LogP contribution in [-0.4, -0.2) is 23.9 Å².